The van der Waals surface area contributed by atoms with Gasteiger partial charge in [-0.3, -0.25) is 5.10 Å². The van der Waals surface area contributed by atoms with Crippen LogP contribution in [0.15, 0.2) is 54.1 Å². The number of para-hydroxylation sites is 2. The van der Waals surface area contributed by atoms with Gasteiger partial charge in [0.2, 0.25) is 0 Å². The molecule has 0 unspecified atom stereocenters. The number of aromatic amines is 2. The fraction of sp³-hybridized carbons (Fsp3) is 0.217. The Kier molecular flexibility index (Phi) is 3.97. The summed E-state index contributed by atoms with van der Waals surface area (Å²) >= 11 is 0. The van der Waals surface area contributed by atoms with Crippen LogP contribution in [-0.4, -0.2) is 33.4 Å². The number of anilines is 1. The quantitative estimate of drug-likeness (QED) is 0.462. The zero-order valence-electron chi connectivity index (χ0n) is 16.4. The van der Waals surface area contributed by atoms with Crippen molar-refractivity contribution < 1.29 is 9.47 Å². The molecule has 1 fully saturated rings. The molecule has 1 aliphatic heterocycles. The maximum absolute atomic E-state index is 5.78. The Bertz CT molecular complexity index is 1230. The normalized spacial score (nSPS) is 15.1. The van der Waals surface area contributed by atoms with Crippen LogP contribution in [0.4, 0.5) is 5.82 Å². The van der Waals surface area contributed by atoms with Gasteiger partial charge in [0.1, 0.15) is 18.9 Å². The van der Waals surface area contributed by atoms with Crippen LogP contribution in [0.25, 0.3) is 28.2 Å². The van der Waals surface area contributed by atoms with Crippen molar-refractivity contribution in [2.75, 3.05) is 18.5 Å². The Morgan fingerprint density at radius 3 is 2.67 bits per heavy atom. The number of rotatable bonds is 4. The lowest BCUT2D eigenvalue weighted by atomic mass is 9.88. The molecule has 2 aromatic carbocycles. The zero-order valence-corrected chi connectivity index (χ0v) is 16.4. The monoisotopic (exact) mass is 399 g/mol. The second-order valence-electron chi connectivity index (χ2n) is 7.58. The van der Waals surface area contributed by atoms with E-state index < -0.39 is 0 Å². The first-order valence-corrected chi connectivity index (χ1v) is 10.2. The largest absolute Gasteiger partial charge is 0.486 e. The number of nitrogens with zero attached hydrogens (tertiary/aromatic N) is 2. The zero-order chi connectivity index (χ0) is 19.9. The van der Waals surface area contributed by atoms with E-state index in [-0.39, 0.29) is 0 Å². The minimum atomic E-state index is 0.579. The minimum absolute atomic E-state index is 0.579. The van der Waals surface area contributed by atoms with Gasteiger partial charge < -0.3 is 19.8 Å². The highest BCUT2D eigenvalue weighted by atomic mass is 16.6. The Morgan fingerprint density at radius 1 is 0.967 bits per heavy atom. The molecule has 4 aromatic rings. The molecule has 2 aromatic heterocycles. The topological polar surface area (TPSA) is 87.9 Å². The number of H-pyrrole nitrogens is 2. The summed E-state index contributed by atoms with van der Waals surface area (Å²) in [7, 11) is 0. The van der Waals surface area contributed by atoms with Crippen LogP contribution in [0.1, 0.15) is 24.8 Å². The maximum Gasteiger partial charge on any atom is 0.162 e. The summed E-state index contributed by atoms with van der Waals surface area (Å²) in [6.45, 7) is 1.17. The molecule has 0 atom stereocenters. The van der Waals surface area contributed by atoms with Gasteiger partial charge in [-0.25, -0.2) is 4.98 Å². The van der Waals surface area contributed by atoms with Crippen molar-refractivity contribution in [3.63, 3.8) is 0 Å². The molecule has 0 radical (unpaired) electrons. The Hall–Kier alpha value is -3.74. The third kappa shape index (κ3) is 2.99. The minimum Gasteiger partial charge on any atom is -0.486 e. The average molecular weight is 399 g/mol. The van der Waals surface area contributed by atoms with E-state index in [1.54, 1.807) is 0 Å². The molecular weight excluding hydrogens is 378 g/mol. The van der Waals surface area contributed by atoms with E-state index >= 15 is 0 Å². The van der Waals surface area contributed by atoms with E-state index in [4.69, 9.17) is 9.47 Å². The SMILES string of the molecule is c1ccc2[nH]c(-c3cc(NC(=C4CCC4)c4ccc5c(c4)OCCO5)n[nH]3)nc2c1. The number of ether oxygens (including phenoxy) is 2. The summed E-state index contributed by atoms with van der Waals surface area (Å²) in [4.78, 5) is 7.98. The van der Waals surface area contributed by atoms with E-state index in [0.29, 0.717) is 13.2 Å². The molecule has 0 saturated heterocycles. The van der Waals surface area contributed by atoms with Gasteiger partial charge in [-0.15, -0.1) is 0 Å². The first-order chi connectivity index (χ1) is 14.8. The average Bonchev–Trinajstić information content (AvgIpc) is 3.38. The van der Waals surface area contributed by atoms with Crippen molar-refractivity contribution in [2.45, 2.75) is 19.3 Å². The van der Waals surface area contributed by atoms with Crippen LogP contribution in [0.3, 0.4) is 0 Å². The van der Waals surface area contributed by atoms with Crippen molar-refractivity contribution >= 4 is 22.5 Å². The van der Waals surface area contributed by atoms with E-state index in [0.717, 1.165) is 64.0 Å². The van der Waals surface area contributed by atoms with Gasteiger partial charge in [-0.1, -0.05) is 12.1 Å². The summed E-state index contributed by atoms with van der Waals surface area (Å²) in [6, 6.07) is 16.1. The van der Waals surface area contributed by atoms with Crippen molar-refractivity contribution in [1.29, 1.82) is 0 Å². The molecule has 0 bridgehead atoms. The Balaban J connectivity index is 1.31. The number of nitrogens with one attached hydrogen (secondary N) is 3. The highest BCUT2D eigenvalue weighted by Gasteiger charge is 2.20. The number of benzene rings is 2. The predicted octanol–water partition coefficient (Wildman–Crippen LogP) is 4.73. The Labute approximate surface area is 173 Å². The molecule has 7 nitrogen and oxygen atoms in total. The third-order valence-electron chi connectivity index (χ3n) is 5.62. The molecule has 1 saturated carbocycles. The molecule has 6 rings (SSSR count). The molecule has 0 spiro atoms. The fourth-order valence-corrected chi connectivity index (χ4v) is 3.88. The number of fused-ring (bicyclic) bond motifs is 2. The standard InChI is InChI=1S/C23H21N5O2/c1-2-7-17-16(6-1)24-23(25-17)18-13-21(28-27-18)26-22(14-4-3-5-14)15-8-9-19-20(12-15)30-11-10-29-19/h1-2,6-9,12-13H,3-5,10-11H2,(H,24,25)(H2,26,27,28). The van der Waals surface area contributed by atoms with Crippen molar-refractivity contribution in [1.82, 2.24) is 20.2 Å². The number of aromatic nitrogens is 4. The molecule has 3 N–H and O–H groups in total. The number of allylic oxidation sites excluding steroid dienone is 1. The Morgan fingerprint density at radius 2 is 1.83 bits per heavy atom. The molecule has 7 heteroatoms. The lowest BCUT2D eigenvalue weighted by Gasteiger charge is -2.24. The number of imidazole rings is 1. The highest BCUT2D eigenvalue weighted by Crippen LogP contribution is 2.38. The lowest BCUT2D eigenvalue weighted by molar-refractivity contribution is 0.171. The first kappa shape index (κ1) is 17.1. The molecule has 1 aliphatic carbocycles. The van der Waals surface area contributed by atoms with Crippen molar-refractivity contribution in [2.24, 2.45) is 0 Å². The molecule has 0 amide bonds. The molecular formula is C23H21N5O2. The molecule has 3 heterocycles. The summed E-state index contributed by atoms with van der Waals surface area (Å²) in [5, 5.41) is 11.1. The smallest absolute Gasteiger partial charge is 0.162 e. The maximum atomic E-state index is 5.78. The van der Waals surface area contributed by atoms with Crippen LogP contribution in [0.2, 0.25) is 0 Å². The van der Waals surface area contributed by atoms with Crippen LogP contribution in [0.5, 0.6) is 11.5 Å². The van der Waals surface area contributed by atoms with E-state index in [2.05, 4.69) is 37.6 Å². The van der Waals surface area contributed by atoms with E-state index in [9.17, 15) is 0 Å². The number of hydrogen-bond acceptors (Lipinski definition) is 5. The van der Waals surface area contributed by atoms with Gasteiger partial charge >= 0.3 is 0 Å². The van der Waals surface area contributed by atoms with Crippen LogP contribution in [-0.2, 0) is 0 Å². The van der Waals surface area contributed by atoms with Crippen LogP contribution >= 0.6 is 0 Å². The van der Waals surface area contributed by atoms with Gasteiger partial charge in [0, 0.05) is 17.3 Å². The summed E-state index contributed by atoms with van der Waals surface area (Å²) < 4.78 is 11.4. The molecule has 30 heavy (non-hydrogen) atoms. The summed E-state index contributed by atoms with van der Waals surface area (Å²) in [6.07, 6.45) is 3.41. The number of hydrogen-bond donors (Lipinski definition) is 3. The van der Waals surface area contributed by atoms with Gasteiger partial charge in [-0.2, -0.15) is 5.10 Å². The predicted molar refractivity (Wildman–Crippen MR) is 116 cm³/mol. The van der Waals surface area contributed by atoms with E-state index in [1.807, 2.05) is 36.4 Å². The van der Waals surface area contributed by atoms with Crippen molar-refractivity contribution in [3.05, 3.63) is 59.7 Å². The van der Waals surface area contributed by atoms with E-state index in [1.165, 1.54) is 12.0 Å². The van der Waals surface area contributed by atoms with Crippen LogP contribution < -0.4 is 14.8 Å². The fourth-order valence-electron chi connectivity index (χ4n) is 3.88. The lowest BCUT2D eigenvalue weighted by Crippen LogP contribution is -2.16. The first-order valence-electron chi connectivity index (χ1n) is 10.2. The highest BCUT2D eigenvalue weighted by molar-refractivity contribution is 5.82. The molecule has 2 aliphatic rings. The second kappa shape index (κ2) is 6.95. The third-order valence-corrected chi connectivity index (χ3v) is 5.62. The van der Waals surface area contributed by atoms with Gasteiger partial charge in [0.15, 0.2) is 23.1 Å². The summed E-state index contributed by atoms with van der Waals surface area (Å²) in [5.74, 6) is 3.13. The second-order valence-corrected chi connectivity index (χ2v) is 7.58. The van der Waals surface area contributed by atoms with Crippen molar-refractivity contribution in [3.8, 4) is 23.0 Å². The van der Waals surface area contributed by atoms with Gasteiger partial charge in [0.25, 0.3) is 0 Å². The van der Waals surface area contributed by atoms with Gasteiger partial charge in [-0.05, 0) is 55.2 Å². The summed E-state index contributed by atoms with van der Waals surface area (Å²) in [5.41, 5.74) is 6.37. The van der Waals surface area contributed by atoms with Crippen LogP contribution in [0, 0.1) is 0 Å². The van der Waals surface area contributed by atoms with Gasteiger partial charge in [0.05, 0.1) is 11.0 Å². The molecule has 150 valence electrons.